The molecule has 80 valence electrons. The van der Waals surface area contributed by atoms with Gasteiger partial charge in [-0.3, -0.25) is 0 Å². The molecule has 3 rings (SSSR count). The Morgan fingerprint density at radius 3 is 2.93 bits per heavy atom. The third-order valence-corrected chi connectivity index (χ3v) is 4.55. The second-order valence-electron chi connectivity index (χ2n) is 4.74. The summed E-state index contributed by atoms with van der Waals surface area (Å²) in [6.45, 7) is 2.13. The first-order valence-corrected chi connectivity index (χ1v) is 6.59. The standard InChI is InChI=1S/C13H15BrO/c1-8-6-11-7-10(4-5-12(11)15-8)13(14)9-2-3-9/h4-5,7-9,13H,2-3,6H2,1H3. The van der Waals surface area contributed by atoms with Gasteiger partial charge in [-0.15, -0.1) is 0 Å². The number of halogens is 1. The highest BCUT2D eigenvalue weighted by atomic mass is 79.9. The summed E-state index contributed by atoms with van der Waals surface area (Å²) in [5.41, 5.74) is 2.80. The first-order valence-electron chi connectivity index (χ1n) is 5.67. The number of benzene rings is 1. The fourth-order valence-corrected chi connectivity index (χ4v) is 3.09. The van der Waals surface area contributed by atoms with Gasteiger partial charge in [-0.25, -0.2) is 0 Å². The molecule has 2 aliphatic rings. The lowest BCUT2D eigenvalue weighted by Crippen LogP contribution is -2.05. The van der Waals surface area contributed by atoms with Gasteiger partial charge < -0.3 is 4.74 Å². The summed E-state index contributed by atoms with van der Waals surface area (Å²) in [7, 11) is 0. The van der Waals surface area contributed by atoms with E-state index in [1.54, 1.807) is 0 Å². The van der Waals surface area contributed by atoms with Crippen LogP contribution in [0.5, 0.6) is 5.75 Å². The van der Waals surface area contributed by atoms with Crippen molar-refractivity contribution in [2.45, 2.75) is 37.1 Å². The molecular weight excluding hydrogens is 252 g/mol. The van der Waals surface area contributed by atoms with Gasteiger partial charge in [0.15, 0.2) is 0 Å². The number of rotatable bonds is 2. The Labute approximate surface area is 99.0 Å². The topological polar surface area (TPSA) is 9.23 Å². The van der Waals surface area contributed by atoms with Crippen LogP contribution < -0.4 is 4.74 Å². The fourth-order valence-electron chi connectivity index (χ4n) is 2.27. The third-order valence-electron chi connectivity index (χ3n) is 3.27. The van der Waals surface area contributed by atoms with Crippen LogP contribution in [0.3, 0.4) is 0 Å². The first-order chi connectivity index (χ1) is 7.24. The van der Waals surface area contributed by atoms with Gasteiger partial charge in [-0.05, 0) is 42.9 Å². The highest BCUT2D eigenvalue weighted by molar-refractivity contribution is 9.09. The Hall–Kier alpha value is -0.500. The van der Waals surface area contributed by atoms with Crippen molar-refractivity contribution in [3.63, 3.8) is 0 Å². The van der Waals surface area contributed by atoms with E-state index >= 15 is 0 Å². The summed E-state index contributed by atoms with van der Waals surface area (Å²) >= 11 is 3.80. The van der Waals surface area contributed by atoms with E-state index in [1.165, 1.54) is 24.0 Å². The van der Waals surface area contributed by atoms with E-state index in [9.17, 15) is 0 Å². The van der Waals surface area contributed by atoms with Crippen LogP contribution in [-0.4, -0.2) is 6.10 Å². The highest BCUT2D eigenvalue weighted by Gasteiger charge is 2.31. The minimum Gasteiger partial charge on any atom is -0.490 e. The van der Waals surface area contributed by atoms with Crippen molar-refractivity contribution in [2.75, 3.05) is 0 Å². The summed E-state index contributed by atoms with van der Waals surface area (Å²) in [4.78, 5) is 0.554. The molecule has 2 unspecified atom stereocenters. The molecule has 0 radical (unpaired) electrons. The predicted molar refractivity (Wildman–Crippen MR) is 64.6 cm³/mol. The number of hydrogen-bond donors (Lipinski definition) is 0. The van der Waals surface area contributed by atoms with Crippen LogP contribution in [0, 0.1) is 5.92 Å². The zero-order valence-corrected chi connectivity index (χ0v) is 10.5. The first kappa shape index (κ1) is 9.71. The number of fused-ring (bicyclic) bond motifs is 1. The van der Waals surface area contributed by atoms with Crippen molar-refractivity contribution in [3.8, 4) is 5.75 Å². The van der Waals surface area contributed by atoms with Gasteiger partial charge in [0.1, 0.15) is 11.9 Å². The molecule has 0 N–H and O–H groups in total. The Balaban J connectivity index is 1.89. The van der Waals surface area contributed by atoms with Crippen molar-refractivity contribution in [2.24, 2.45) is 5.92 Å². The van der Waals surface area contributed by atoms with E-state index in [1.807, 2.05) is 0 Å². The van der Waals surface area contributed by atoms with Gasteiger partial charge in [-0.2, -0.15) is 0 Å². The number of alkyl halides is 1. The molecular formula is C13H15BrO. The van der Waals surface area contributed by atoms with Crippen LogP contribution in [0.2, 0.25) is 0 Å². The van der Waals surface area contributed by atoms with E-state index in [2.05, 4.69) is 41.1 Å². The SMILES string of the molecule is CC1Cc2cc(C(Br)C3CC3)ccc2O1. The molecule has 1 aromatic rings. The molecule has 1 aromatic carbocycles. The van der Waals surface area contributed by atoms with Crippen LogP contribution in [0.15, 0.2) is 18.2 Å². The van der Waals surface area contributed by atoms with Gasteiger partial charge >= 0.3 is 0 Å². The van der Waals surface area contributed by atoms with Crippen molar-refractivity contribution in [1.82, 2.24) is 0 Å². The van der Waals surface area contributed by atoms with E-state index in [0.29, 0.717) is 10.9 Å². The highest BCUT2D eigenvalue weighted by Crippen LogP contribution is 2.47. The van der Waals surface area contributed by atoms with Gasteiger partial charge in [0.05, 0.1) is 0 Å². The van der Waals surface area contributed by atoms with Crippen molar-refractivity contribution in [3.05, 3.63) is 29.3 Å². The van der Waals surface area contributed by atoms with Gasteiger partial charge in [-0.1, -0.05) is 28.1 Å². The summed E-state index contributed by atoms with van der Waals surface area (Å²) in [6, 6.07) is 6.65. The maximum atomic E-state index is 5.70. The lowest BCUT2D eigenvalue weighted by molar-refractivity contribution is 0.254. The maximum Gasteiger partial charge on any atom is 0.123 e. The molecule has 2 atom stereocenters. The minimum absolute atomic E-state index is 0.352. The number of ether oxygens (including phenoxy) is 1. The van der Waals surface area contributed by atoms with Crippen molar-refractivity contribution >= 4 is 15.9 Å². The summed E-state index contributed by atoms with van der Waals surface area (Å²) < 4.78 is 5.70. The van der Waals surface area contributed by atoms with Crippen molar-refractivity contribution < 1.29 is 4.74 Å². The zero-order valence-electron chi connectivity index (χ0n) is 8.87. The molecule has 1 nitrogen and oxygen atoms in total. The monoisotopic (exact) mass is 266 g/mol. The quantitative estimate of drug-likeness (QED) is 0.739. The van der Waals surface area contributed by atoms with Gasteiger partial charge in [0, 0.05) is 11.2 Å². The molecule has 1 aliphatic heterocycles. The molecule has 1 saturated carbocycles. The van der Waals surface area contributed by atoms with Crippen molar-refractivity contribution in [1.29, 1.82) is 0 Å². The molecule has 0 saturated heterocycles. The Morgan fingerprint density at radius 1 is 1.40 bits per heavy atom. The lowest BCUT2D eigenvalue weighted by atomic mass is 10.0. The van der Waals surface area contributed by atoms with E-state index in [4.69, 9.17) is 4.74 Å². The number of hydrogen-bond acceptors (Lipinski definition) is 1. The van der Waals surface area contributed by atoms with Gasteiger partial charge in [0.2, 0.25) is 0 Å². The summed E-state index contributed by atoms with van der Waals surface area (Å²) in [6.07, 6.45) is 4.16. The second-order valence-corrected chi connectivity index (χ2v) is 5.73. The maximum absolute atomic E-state index is 5.70. The molecule has 1 fully saturated rings. The third kappa shape index (κ3) is 1.80. The van der Waals surface area contributed by atoms with E-state index < -0.39 is 0 Å². The Kier molecular flexibility index (Phi) is 2.27. The molecule has 0 spiro atoms. The zero-order chi connectivity index (χ0) is 10.4. The molecule has 0 amide bonds. The molecule has 0 bridgehead atoms. The fraction of sp³-hybridized carbons (Fsp3) is 0.538. The molecule has 1 heterocycles. The average Bonchev–Trinajstić information content (AvgIpc) is 2.98. The largest absolute Gasteiger partial charge is 0.490 e. The normalized spacial score (nSPS) is 25.9. The van der Waals surface area contributed by atoms with Crippen LogP contribution in [0.25, 0.3) is 0 Å². The summed E-state index contributed by atoms with van der Waals surface area (Å²) in [5.74, 6) is 1.95. The lowest BCUT2D eigenvalue weighted by Gasteiger charge is -2.09. The predicted octanol–water partition coefficient (Wildman–Crippen LogP) is 3.86. The molecule has 2 heteroatoms. The Morgan fingerprint density at radius 2 is 2.20 bits per heavy atom. The molecule has 15 heavy (non-hydrogen) atoms. The molecule has 1 aliphatic carbocycles. The van der Waals surface area contributed by atoms with E-state index in [0.717, 1.165) is 18.1 Å². The Bertz CT molecular complexity index is 384. The van der Waals surface area contributed by atoms with Crippen LogP contribution in [0.4, 0.5) is 0 Å². The van der Waals surface area contributed by atoms with Crippen LogP contribution in [-0.2, 0) is 6.42 Å². The summed E-state index contributed by atoms with van der Waals surface area (Å²) in [5, 5.41) is 0. The minimum atomic E-state index is 0.352. The van der Waals surface area contributed by atoms with Crippen LogP contribution >= 0.6 is 15.9 Å². The average molecular weight is 267 g/mol. The van der Waals surface area contributed by atoms with Gasteiger partial charge in [0.25, 0.3) is 0 Å². The smallest absolute Gasteiger partial charge is 0.123 e. The van der Waals surface area contributed by atoms with E-state index in [-0.39, 0.29) is 0 Å². The molecule has 0 aromatic heterocycles. The van der Waals surface area contributed by atoms with Crippen LogP contribution in [0.1, 0.15) is 35.7 Å². The second kappa shape index (κ2) is 3.51.